The van der Waals surface area contributed by atoms with Gasteiger partial charge in [0.25, 0.3) is 5.91 Å². The highest BCUT2D eigenvalue weighted by Crippen LogP contribution is 2.26. The first-order valence-corrected chi connectivity index (χ1v) is 7.54. The van der Waals surface area contributed by atoms with E-state index in [1.165, 1.54) is 12.4 Å². The van der Waals surface area contributed by atoms with Crippen LogP contribution in [0, 0.1) is 0 Å². The zero-order valence-corrected chi connectivity index (χ0v) is 12.9. The fraction of sp³-hybridized carbons (Fsp3) is 0.294. The minimum atomic E-state index is -0.177. The fourth-order valence-corrected chi connectivity index (χ4v) is 2.83. The molecule has 1 fully saturated rings. The summed E-state index contributed by atoms with van der Waals surface area (Å²) in [7, 11) is 0. The zero-order valence-electron chi connectivity index (χ0n) is 12.9. The van der Waals surface area contributed by atoms with Crippen molar-refractivity contribution in [2.45, 2.75) is 13.0 Å². The van der Waals surface area contributed by atoms with Gasteiger partial charge in [0.05, 0.1) is 12.2 Å². The SMILES string of the molecule is CC(=O)N1CCN(C(=O)c2cnccn2)C(c2ccccc2)C1. The maximum atomic E-state index is 12.8. The summed E-state index contributed by atoms with van der Waals surface area (Å²) in [5.74, 6) is -0.132. The van der Waals surface area contributed by atoms with Gasteiger partial charge in [0.1, 0.15) is 5.69 Å². The molecule has 2 heterocycles. The van der Waals surface area contributed by atoms with E-state index in [1.807, 2.05) is 30.3 Å². The number of carbonyl (C=O) groups excluding carboxylic acids is 2. The lowest BCUT2D eigenvalue weighted by Gasteiger charge is -2.41. The van der Waals surface area contributed by atoms with Gasteiger partial charge in [0.15, 0.2) is 0 Å². The van der Waals surface area contributed by atoms with E-state index in [2.05, 4.69) is 9.97 Å². The van der Waals surface area contributed by atoms with Gasteiger partial charge in [0, 0.05) is 39.0 Å². The molecule has 0 spiro atoms. The molecule has 2 amide bonds. The van der Waals surface area contributed by atoms with E-state index in [4.69, 9.17) is 0 Å². The Labute approximate surface area is 134 Å². The van der Waals surface area contributed by atoms with Crippen LogP contribution in [0.3, 0.4) is 0 Å². The standard InChI is InChI=1S/C17H18N4O2/c1-13(22)20-9-10-21(17(23)15-11-18-7-8-19-15)16(12-20)14-5-3-2-4-6-14/h2-8,11,16H,9-10,12H2,1H3. The summed E-state index contributed by atoms with van der Waals surface area (Å²) in [6.07, 6.45) is 4.53. The van der Waals surface area contributed by atoms with Gasteiger partial charge in [-0.05, 0) is 5.56 Å². The van der Waals surface area contributed by atoms with Crippen molar-refractivity contribution in [3.8, 4) is 0 Å². The smallest absolute Gasteiger partial charge is 0.274 e. The Morgan fingerprint density at radius 3 is 2.57 bits per heavy atom. The maximum absolute atomic E-state index is 12.8. The highest BCUT2D eigenvalue weighted by Gasteiger charge is 2.33. The van der Waals surface area contributed by atoms with Crippen LogP contribution in [-0.2, 0) is 4.79 Å². The van der Waals surface area contributed by atoms with Crippen LogP contribution >= 0.6 is 0 Å². The third kappa shape index (κ3) is 3.21. The van der Waals surface area contributed by atoms with E-state index in [9.17, 15) is 9.59 Å². The van der Waals surface area contributed by atoms with Crippen LogP contribution < -0.4 is 0 Å². The second kappa shape index (κ2) is 6.56. The molecular weight excluding hydrogens is 292 g/mol. The zero-order chi connectivity index (χ0) is 16.2. The van der Waals surface area contributed by atoms with Crippen LogP contribution in [-0.4, -0.2) is 51.2 Å². The summed E-state index contributed by atoms with van der Waals surface area (Å²) in [6.45, 7) is 3.06. The molecule has 6 nitrogen and oxygen atoms in total. The Morgan fingerprint density at radius 1 is 1.13 bits per heavy atom. The minimum absolute atomic E-state index is 0.0255. The van der Waals surface area contributed by atoms with Gasteiger partial charge in [-0.15, -0.1) is 0 Å². The quantitative estimate of drug-likeness (QED) is 0.843. The van der Waals surface area contributed by atoms with Crippen LogP contribution in [0.25, 0.3) is 0 Å². The van der Waals surface area contributed by atoms with Crippen LogP contribution in [0.1, 0.15) is 29.0 Å². The largest absolute Gasteiger partial charge is 0.339 e. The Bertz CT molecular complexity index is 690. The topological polar surface area (TPSA) is 66.4 Å². The van der Waals surface area contributed by atoms with Gasteiger partial charge < -0.3 is 9.80 Å². The number of carbonyl (C=O) groups is 2. The number of rotatable bonds is 2. The predicted octanol–water partition coefficient (Wildman–Crippen LogP) is 1.52. The van der Waals surface area contributed by atoms with Crippen molar-refractivity contribution < 1.29 is 9.59 Å². The lowest BCUT2D eigenvalue weighted by atomic mass is 10.0. The van der Waals surface area contributed by atoms with Crippen molar-refractivity contribution in [1.82, 2.24) is 19.8 Å². The third-order valence-electron chi connectivity index (χ3n) is 4.05. The Balaban J connectivity index is 1.91. The lowest BCUT2D eigenvalue weighted by molar-refractivity contribution is -0.131. The van der Waals surface area contributed by atoms with Gasteiger partial charge in [-0.2, -0.15) is 0 Å². The summed E-state index contributed by atoms with van der Waals surface area (Å²) in [5, 5.41) is 0. The molecule has 0 saturated carbocycles. The maximum Gasteiger partial charge on any atom is 0.274 e. The summed E-state index contributed by atoms with van der Waals surface area (Å²) in [4.78, 5) is 36.1. The molecule has 6 heteroatoms. The Kier molecular flexibility index (Phi) is 4.32. The van der Waals surface area contributed by atoms with Crippen LogP contribution in [0.5, 0.6) is 0 Å². The fourth-order valence-electron chi connectivity index (χ4n) is 2.83. The molecule has 0 bridgehead atoms. The lowest BCUT2D eigenvalue weighted by Crippen LogP contribution is -2.52. The predicted molar refractivity (Wildman–Crippen MR) is 84.5 cm³/mol. The first kappa shape index (κ1) is 15.1. The molecule has 1 aliphatic rings. The van der Waals surface area contributed by atoms with E-state index in [-0.39, 0.29) is 17.9 Å². The van der Waals surface area contributed by atoms with Crippen molar-refractivity contribution in [2.24, 2.45) is 0 Å². The second-order valence-electron chi connectivity index (χ2n) is 5.48. The van der Waals surface area contributed by atoms with Crippen LogP contribution in [0.2, 0.25) is 0 Å². The number of hydrogen-bond acceptors (Lipinski definition) is 4. The second-order valence-corrected chi connectivity index (χ2v) is 5.48. The third-order valence-corrected chi connectivity index (χ3v) is 4.05. The van der Waals surface area contributed by atoms with Gasteiger partial charge >= 0.3 is 0 Å². The van der Waals surface area contributed by atoms with E-state index in [0.29, 0.717) is 25.3 Å². The summed E-state index contributed by atoms with van der Waals surface area (Å²) in [5.41, 5.74) is 1.33. The molecule has 1 unspecified atom stereocenters. The highest BCUT2D eigenvalue weighted by molar-refractivity contribution is 5.92. The highest BCUT2D eigenvalue weighted by atomic mass is 16.2. The van der Waals surface area contributed by atoms with Crippen molar-refractivity contribution >= 4 is 11.8 Å². The molecule has 1 aromatic carbocycles. The monoisotopic (exact) mass is 310 g/mol. The average molecular weight is 310 g/mol. The molecule has 3 rings (SSSR count). The number of nitrogens with zero attached hydrogens (tertiary/aromatic N) is 4. The number of aromatic nitrogens is 2. The molecule has 0 N–H and O–H groups in total. The van der Waals surface area contributed by atoms with E-state index >= 15 is 0 Å². The number of benzene rings is 1. The minimum Gasteiger partial charge on any atom is -0.339 e. The number of piperazine rings is 1. The van der Waals surface area contributed by atoms with Crippen LogP contribution in [0.4, 0.5) is 0 Å². The van der Waals surface area contributed by atoms with Crippen molar-refractivity contribution in [2.75, 3.05) is 19.6 Å². The van der Waals surface area contributed by atoms with Gasteiger partial charge in [-0.3, -0.25) is 14.6 Å². The molecule has 1 aliphatic heterocycles. The average Bonchev–Trinajstić information content (AvgIpc) is 2.62. The summed E-state index contributed by atoms with van der Waals surface area (Å²) in [6, 6.07) is 9.59. The summed E-state index contributed by atoms with van der Waals surface area (Å²) < 4.78 is 0. The van der Waals surface area contributed by atoms with E-state index in [0.717, 1.165) is 5.56 Å². The first-order chi connectivity index (χ1) is 11.2. The van der Waals surface area contributed by atoms with E-state index in [1.54, 1.807) is 22.9 Å². The van der Waals surface area contributed by atoms with Crippen molar-refractivity contribution in [3.05, 3.63) is 60.2 Å². The molecule has 0 aliphatic carbocycles. The Morgan fingerprint density at radius 2 is 1.91 bits per heavy atom. The molecule has 0 radical (unpaired) electrons. The van der Waals surface area contributed by atoms with Crippen molar-refractivity contribution in [1.29, 1.82) is 0 Å². The van der Waals surface area contributed by atoms with Crippen LogP contribution in [0.15, 0.2) is 48.9 Å². The molecule has 2 aromatic rings. The first-order valence-electron chi connectivity index (χ1n) is 7.54. The molecule has 1 aromatic heterocycles. The number of hydrogen-bond donors (Lipinski definition) is 0. The molecule has 118 valence electrons. The van der Waals surface area contributed by atoms with Gasteiger partial charge in [0.2, 0.25) is 5.91 Å². The van der Waals surface area contributed by atoms with Crippen molar-refractivity contribution in [3.63, 3.8) is 0 Å². The van der Waals surface area contributed by atoms with Gasteiger partial charge in [-0.25, -0.2) is 4.98 Å². The van der Waals surface area contributed by atoms with E-state index < -0.39 is 0 Å². The molecule has 1 saturated heterocycles. The molecular formula is C17H18N4O2. The molecule has 23 heavy (non-hydrogen) atoms. The molecule has 1 atom stereocenters. The normalized spacial score (nSPS) is 17.9. The van der Waals surface area contributed by atoms with Gasteiger partial charge in [-0.1, -0.05) is 30.3 Å². The summed E-state index contributed by atoms with van der Waals surface area (Å²) >= 11 is 0. The number of amides is 2. The Hall–Kier alpha value is -2.76.